The summed E-state index contributed by atoms with van der Waals surface area (Å²) in [6, 6.07) is 10.1. The molecular formula is C15H21N3O. The Bertz CT molecular complexity index is 482. The molecule has 2 aromatic heterocycles. The Kier molecular flexibility index (Phi) is 5.12. The van der Waals surface area contributed by atoms with Crippen molar-refractivity contribution in [3.05, 3.63) is 53.7 Å². The Balaban J connectivity index is 1.99. The fourth-order valence-corrected chi connectivity index (χ4v) is 2.03. The highest BCUT2D eigenvalue weighted by atomic mass is 16.3. The highest BCUT2D eigenvalue weighted by Crippen LogP contribution is 2.09. The minimum Gasteiger partial charge on any atom is -0.468 e. The molecule has 0 atom stereocenters. The number of nitrogens with zero attached hydrogens (tertiary/aromatic N) is 2. The predicted molar refractivity (Wildman–Crippen MR) is 75.5 cm³/mol. The zero-order valence-corrected chi connectivity index (χ0v) is 11.6. The highest BCUT2D eigenvalue weighted by molar-refractivity contribution is 5.11. The van der Waals surface area contributed by atoms with E-state index in [1.807, 2.05) is 25.2 Å². The number of aromatic nitrogens is 1. The molecule has 0 bridgehead atoms. The maximum atomic E-state index is 5.39. The molecule has 4 heteroatoms. The monoisotopic (exact) mass is 259 g/mol. The van der Waals surface area contributed by atoms with Crippen molar-refractivity contribution in [2.75, 3.05) is 13.6 Å². The van der Waals surface area contributed by atoms with Crippen molar-refractivity contribution in [3.8, 4) is 0 Å². The van der Waals surface area contributed by atoms with Crippen molar-refractivity contribution in [1.29, 1.82) is 0 Å². The number of rotatable bonds is 7. The molecular weight excluding hydrogens is 238 g/mol. The van der Waals surface area contributed by atoms with Crippen LogP contribution in [0.25, 0.3) is 0 Å². The number of furan rings is 1. The minimum absolute atomic E-state index is 0.804. The summed E-state index contributed by atoms with van der Waals surface area (Å²) in [5, 5.41) is 3.12. The summed E-state index contributed by atoms with van der Waals surface area (Å²) in [5.41, 5.74) is 2.18. The fraction of sp³-hybridized carbons (Fsp3) is 0.400. The SMILES string of the molecule is CCN(Cc1cccc(CNC)n1)Cc1ccco1. The Morgan fingerprint density at radius 1 is 1.16 bits per heavy atom. The summed E-state index contributed by atoms with van der Waals surface area (Å²) < 4.78 is 5.39. The lowest BCUT2D eigenvalue weighted by atomic mass is 10.2. The Morgan fingerprint density at radius 3 is 2.68 bits per heavy atom. The molecule has 0 amide bonds. The second-order valence-electron chi connectivity index (χ2n) is 4.53. The molecule has 19 heavy (non-hydrogen) atoms. The first-order valence-electron chi connectivity index (χ1n) is 6.66. The Labute approximate surface area is 114 Å². The van der Waals surface area contributed by atoms with E-state index < -0.39 is 0 Å². The highest BCUT2D eigenvalue weighted by Gasteiger charge is 2.08. The van der Waals surface area contributed by atoms with Gasteiger partial charge in [-0.2, -0.15) is 0 Å². The Morgan fingerprint density at radius 2 is 2.00 bits per heavy atom. The molecule has 0 aliphatic carbocycles. The molecule has 0 fully saturated rings. The van der Waals surface area contributed by atoms with Crippen LogP contribution in [0.4, 0.5) is 0 Å². The normalized spacial score (nSPS) is 11.1. The third-order valence-corrected chi connectivity index (χ3v) is 3.01. The van der Waals surface area contributed by atoms with E-state index in [2.05, 4.69) is 34.3 Å². The zero-order valence-electron chi connectivity index (χ0n) is 11.6. The molecule has 102 valence electrons. The summed E-state index contributed by atoms with van der Waals surface area (Å²) in [5.74, 6) is 0.994. The molecule has 2 rings (SSSR count). The van der Waals surface area contributed by atoms with Gasteiger partial charge in [-0.1, -0.05) is 13.0 Å². The largest absolute Gasteiger partial charge is 0.468 e. The predicted octanol–water partition coefficient (Wildman–Crippen LogP) is 2.42. The third-order valence-electron chi connectivity index (χ3n) is 3.01. The summed E-state index contributed by atoms with van der Waals surface area (Å²) in [6.45, 7) is 5.59. The summed E-state index contributed by atoms with van der Waals surface area (Å²) in [6.07, 6.45) is 1.72. The van der Waals surface area contributed by atoms with E-state index in [1.54, 1.807) is 6.26 Å². The average molecular weight is 259 g/mol. The first-order chi connectivity index (χ1) is 9.31. The minimum atomic E-state index is 0.804. The molecule has 0 aliphatic rings. The van der Waals surface area contributed by atoms with Crippen molar-refractivity contribution in [3.63, 3.8) is 0 Å². The lowest BCUT2D eigenvalue weighted by Gasteiger charge is -2.18. The number of nitrogens with one attached hydrogen (secondary N) is 1. The van der Waals surface area contributed by atoms with E-state index in [-0.39, 0.29) is 0 Å². The quantitative estimate of drug-likeness (QED) is 0.829. The number of pyridine rings is 1. The lowest BCUT2D eigenvalue weighted by molar-refractivity contribution is 0.245. The van der Waals surface area contributed by atoms with Gasteiger partial charge in [-0.15, -0.1) is 0 Å². The van der Waals surface area contributed by atoms with E-state index >= 15 is 0 Å². The van der Waals surface area contributed by atoms with E-state index in [0.29, 0.717) is 0 Å². The van der Waals surface area contributed by atoms with Crippen LogP contribution in [-0.2, 0) is 19.6 Å². The van der Waals surface area contributed by atoms with Crippen LogP contribution in [0.1, 0.15) is 24.1 Å². The van der Waals surface area contributed by atoms with Gasteiger partial charge in [-0.05, 0) is 37.9 Å². The summed E-state index contributed by atoms with van der Waals surface area (Å²) in [4.78, 5) is 6.95. The molecule has 0 saturated heterocycles. The van der Waals surface area contributed by atoms with Gasteiger partial charge in [0.2, 0.25) is 0 Å². The fourth-order valence-electron chi connectivity index (χ4n) is 2.03. The Hall–Kier alpha value is -1.65. The smallest absolute Gasteiger partial charge is 0.117 e. The molecule has 0 unspecified atom stereocenters. The van der Waals surface area contributed by atoms with Crippen LogP contribution < -0.4 is 5.32 Å². The van der Waals surface area contributed by atoms with Gasteiger partial charge >= 0.3 is 0 Å². The van der Waals surface area contributed by atoms with Crippen molar-refractivity contribution in [2.45, 2.75) is 26.6 Å². The number of hydrogen-bond donors (Lipinski definition) is 1. The molecule has 2 heterocycles. The van der Waals surface area contributed by atoms with Gasteiger partial charge in [0, 0.05) is 13.1 Å². The van der Waals surface area contributed by atoms with Crippen LogP contribution in [0.15, 0.2) is 41.0 Å². The lowest BCUT2D eigenvalue weighted by Crippen LogP contribution is -2.23. The van der Waals surface area contributed by atoms with Gasteiger partial charge < -0.3 is 9.73 Å². The van der Waals surface area contributed by atoms with E-state index in [9.17, 15) is 0 Å². The summed E-state index contributed by atoms with van der Waals surface area (Å²) in [7, 11) is 1.93. The maximum Gasteiger partial charge on any atom is 0.117 e. The zero-order chi connectivity index (χ0) is 13.5. The van der Waals surface area contributed by atoms with Crippen molar-refractivity contribution >= 4 is 0 Å². The van der Waals surface area contributed by atoms with Gasteiger partial charge in [0.05, 0.1) is 24.2 Å². The van der Waals surface area contributed by atoms with Crippen molar-refractivity contribution < 1.29 is 4.42 Å². The van der Waals surface area contributed by atoms with Gasteiger partial charge in [0.1, 0.15) is 5.76 Å². The molecule has 1 N–H and O–H groups in total. The van der Waals surface area contributed by atoms with Crippen LogP contribution >= 0.6 is 0 Å². The van der Waals surface area contributed by atoms with Gasteiger partial charge in [0.15, 0.2) is 0 Å². The molecule has 0 aromatic carbocycles. The third kappa shape index (κ3) is 4.19. The molecule has 2 aromatic rings. The number of hydrogen-bond acceptors (Lipinski definition) is 4. The molecule has 0 aliphatic heterocycles. The summed E-state index contributed by atoms with van der Waals surface area (Å²) >= 11 is 0. The van der Waals surface area contributed by atoms with Crippen LogP contribution in [-0.4, -0.2) is 23.5 Å². The van der Waals surface area contributed by atoms with E-state index in [1.165, 1.54) is 0 Å². The molecule has 0 radical (unpaired) electrons. The molecule has 0 saturated carbocycles. The molecule has 0 spiro atoms. The first kappa shape index (κ1) is 13.8. The topological polar surface area (TPSA) is 41.3 Å². The average Bonchev–Trinajstić information content (AvgIpc) is 2.92. The van der Waals surface area contributed by atoms with Gasteiger partial charge in [-0.3, -0.25) is 9.88 Å². The second-order valence-corrected chi connectivity index (χ2v) is 4.53. The van der Waals surface area contributed by atoms with Gasteiger partial charge in [0.25, 0.3) is 0 Å². The maximum absolute atomic E-state index is 5.39. The van der Waals surface area contributed by atoms with Crippen molar-refractivity contribution in [1.82, 2.24) is 15.2 Å². The van der Waals surface area contributed by atoms with Crippen LogP contribution in [0.2, 0.25) is 0 Å². The van der Waals surface area contributed by atoms with Crippen LogP contribution in [0, 0.1) is 0 Å². The first-order valence-corrected chi connectivity index (χ1v) is 6.66. The second kappa shape index (κ2) is 7.07. The van der Waals surface area contributed by atoms with E-state index in [4.69, 9.17) is 4.42 Å². The van der Waals surface area contributed by atoms with Crippen molar-refractivity contribution in [2.24, 2.45) is 0 Å². The van der Waals surface area contributed by atoms with E-state index in [0.717, 1.165) is 43.3 Å². The van der Waals surface area contributed by atoms with Gasteiger partial charge in [-0.25, -0.2) is 0 Å². The standard InChI is InChI=1S/C15H21N3O/c1-3-18(12-15-8-5-9-19-15)11-14-7-4-6-13(17-14)10-16-2/h4-9,16H,3,10-12H2,1-2H3. The van der Waals surface area contributed by atoms with Crippen LogP contribution in [0.5, 0.6) is 0 Å². The molecule has 4 nitrogen and oxygen atoms in total. The van der Waals surface area contributed by atoms with Crippen LogP contribution in [0.3, 0.4) is 0 Å².